The molecule has 0 aliphatic carbocycles. The minimum Gasteiger partial charge on any atom is -0.475 e. The number of carbonyl (C=O) groups excluding carboxylic acids is 1. The first-order valence-electron chi connectivity index (χ1n) is 5.38. The van der Waals surface area contributed by atoms with Crippen LogP contribution in [0.3, 0.4) is 0 Å². The molecule has 8 nitrogen and oxygen atoms in total. The van der Waals surface area contributed by atoms with Gasteiger partial charge in [0.15, 0.2) is 0 Å². The number of carbonyl (C=O) groups is 2. The predicted octanol–water partition coefficient (Wildman–Crippen LogP) is -0.552. The van der Waals surface area contributed by atoms with Gasteiger partial charge in [0.2, 0.25) is 10.0 Å². The summed E-state index contributed by atoms with van der Waals surface area (Å²) in [6.45, 7) is 2.89. The van der Waals surface area contributed by atoms with Gasteiger partial charge < -0.3 is 15.6 Å². The highest BCUT2D eigenvalue weighted by Crippen LogP contribution is 2.13. The Labute approximate surface area is 119 Å². The third-order valence-electron chi connectivity index (χ3n) is 1.89. The molecule has 0 aromatic heterocycles. The van der Waals surface area contributed by atoms with Gasteiger partial charge in [0, 0.05) is 6.54 Å². The van der Waals surface area contributed by atoms with Crippen LogP contribution in [0.2, 0.25) is 0 Å². The molecule has 1 atom stereocenters. The molecule has 0 aromatic rings. The van der Waals surface area contributed by atoms with Crippen LogP contribution < -0.4 is 10.5 Å². The van der Waals surface area contributed by atoms with Crippen LogP contribution in [0.25, 0.3) is 0 Å². The van der Waals surface area contributed by atoms with Crippen LogP contribution in [-0.4, -0.2) is 56.6 Å². The standard InChI is InChI=1S/C7H16N2O4S.C2HF3O2/c1-5(2)14(11,12)9-6(4-8)7(10)13-3;3-2(4,5)1(6)7/h5-6,9H,4,8H2,1-3H3;(H,6,7)/t6-;/m0./s1. The number of ether oxygens (including phenoxy) is 1. The zero-order valence-corrected chi connectivity index (χ0v) is 12.3. The lowest BCUT2D eigenvalue weighted by Crippen LogP contribution is -2.48. The van der Waals surface area contributed by atoms with Crippen LogP contribution in [0.15, 0.2) is 0 Å². The number of halogens is 3. The Morgan fingerprint density at radius 2 is 1.71 bits per heavy atom. The number of nitrogens with two attached hydrogens (primary N) is 1. The second-order valence-corrected chi connectivity index (χ2v) is 6.09. The Bertz CT molecular complexity index is 449. The molecule has 21 heavy (non-hydrogen) atoms. The summed E-state index contributed by atoms with van der Waals surface area (Å²) in [4.78, 5) is 19.9. The van der Waals surface area contributed by atoms with Crippen molar-refractivity contribution in [2.75, 3.05) is 13.7 Å². The summed E-state index contributed by atoms with van der Waals surface area (Å²) in [5.74, 6) is -3.44. The van der Waals surface area contributed by atoms with Gasteiger partial charge in [-0.2, -0.15) is 17.9 Å². The van der Waals surface area contributed by atoms with Crippen molar-refractivity contribution in [2.24, 2.45) is 5.73 Å². The van der Waals surface area contributed by atoms with Gasteiger partial charge in [-0.3, -0.25) is 4.79 Å². The number of sulfonamides is 1. The summed E-state index contributed by atoms with van der Waals surface area (Å²) in [5.41, 5.74) is 5.23. The van der Waals surface area contributed by atoms with Crippen LogP contribution in [0.4, 0.5) is 13.2 Å². The summed E-state index contributed by atoms with van der Waals surface area (Å²) >= 11 is 0. The lowest BCUT2D eigenvalue weighted by molar-refractivity contribution is -0.192. The molecule has 0 aliphatic heterocycles. The normalized spacial score (nSPS) is 13.1. The van der Waals surface area contributed by atoms with Gasteiger partial charge in [-0.15, -0.1) is 0 Å². The lowest BCUT2D eigenvalue weighted by atomic mass is 10.3. The minimum absolute atomic E-state index is 0.126. The summed E-state index contributed by atoms with van der Waals surface area (Å²) in [7, 11) is -2.32. The summed E-state index contributed by atoms with van der Waals surface area (Å²) in [6.07, 6.45) is -5.08. The SMILES string of the molecule is COC(=O)[C@H](CN)NS(=O)(=O)C(C)C.O=C(O)C(F)(F)F. The highest BCUT2D eigenvalue weighted by atomic mass is 32.2. The highest BCUT2D eigenvalue weighted by Gasteiger charge is 2.38. The molecule has 0 saturated heterocycles. The molecule has 0 aliphatic rings. The van der Waals surface area contributed by atoms with E-state index in [4.69, 9.17) is 15.6 Å². The number of esters is 1. The first-order chi connectivity index (χ1) is 9.29. The third-order valence-corrected chi connectivity index (χ3v) is 3.75. The molecule has 0 spiro atoms. The van der Waals surface area contributed by atoms with Crippen molar-refractivity contribution in [1.29, 1.82) is 0 Å². The monoisotopic (exact) mass is 338 g/mol. The van der Waals surface area contributed by atoms with E-state index in [1.165, 1.54) is 21.0 Å². The topological polar surface area (TPSA) is 136 Å². The van der Waals surface area contributed by atoms with Crippen LogP contribution in [0.5, 0.6) is 0 Å². The Morgan fingerprint density at radius 1 is 1.33 bits per heavy atom. The third kappa shape index (κ3) is 9.20. The fraction of sp³-hybridized carbons (Fsp3) is 0.778. The molecular weight excluding hydrogens is 321 g/mol. The van der Waals surface area contributed by atoms with Crippen molar-refractivity contribution in [3.05, 3.63) is 0 Å². The molecule has 0 radical (unpaired) electrons. The van der Waals surface area contributed by atoms with Crippen molar-refractivity contribution in [3.63, 3.8) is 0 Å². The van der Waals surface area contributed by atoms with Crippen LogP contribution in [-0.2, 0) is 24.3 Å². The molecule has 0 aromatic carbocycles. The number of methoxy groups -OCH3 is 1. The van der Waals surface area contributed by atoms with Crippen molar-refractivity contribution in [2.45, 2.75) is 31.3 Å². The van der Waals surface area contributed by atoms with E-state index in [1.54, 1.807) is 0 Å². The summed E-state index contributed by atoms with van der Waals surface area (Å²) in [6, 6.07) is -1.01. The second kappa shape index (κ2) is 8.79. The van der Waals surface area contributed by atoms with Gasteiger partial charge in [0.25, 0.3) is 0 Å². The second-order valence-electron chi connectivity index (χ2n) is 3.83. The lowest BCUT2D eigenvalue weighted by Gasteiger charge is -2.16. The van der Waals surface area contributed by atoms with E-state index in [-0.39, 0.29) is 6.54 Å². The molecule has 12 heteroatoms. The first kappa shape index (κ1) is 21.9. The van der Waals surface area contributed by atoms with Gasteiger partial charge >= 0.3 is 18.1 Å². The quantitative estimate of drug-likeness (QED) is 0.572. The molecule has 0 fully saturated rings. The minimum atomic E-state index is -5.08. The number of carboxylic acids is 1. The summed E-state index contributed by atoms with van der Waals surface area (Å²) in [5, 5.41) is 6.52. The van der Waals surface area contributed by atoms with E-state index >= 15 is 0 Å². The highest BCUT2D eigenvalue weighted by molar-refractivity contribution is 7.90. The van der Waals surface area contributed by atoms with E-state index in [0.29, 0.717) is 0 Å². The first-order valence-corrected chi connectivity index (χ1v) is 6.93. The molecule has 0 saturated carbocycles. The van der Waals surface area contributed by atoms with Crippen LogP contribution in [0.1, 0.15) is 13.8 Å². The largest absolute Gasteiger partial charge is 0.490 e. The number of nitrogens with one attached hydrogen (secondary N) is 1. The van der Waals surface area contributed by atoms with E-state index < -0.39 is 39.4 Å². The number of aliphatic carboxylic acids is 1. The Hall–Kier alpha value is -1.40. The Kier molecular flexibility index (Phi) is 9.16. The zero-order valence-electron chi connectivity index (χ0n) is 11.5. The fourth-order valence-corrected chi connectivity index (χ4v) is 1.53. The zero-order chi connectivity index (χ0) is 17.4. The maximum Gasteiger partial charge on any atom is 0.490 e. The molecular formula is C9H17F3N2O6S. The molecule has 0 bridgehead atoms. The van der Waals surface area contributed by atoms with Gasteiger partial charge in [0.05, 0.1) is 12.4 Å². The number of carboxylic acid groups (broad SMARTS) is 1. The number of rotatable bonds is 5. The van der Waals surface area contributed by atoms with Crippen LogP contribution >= 0.6 is 0 Å². The van der Waals surface area contributed by atoms with E-state index in [1.807, 2.05) is 0 Å². The average Bonchev–Trinajstić information content (AvgIpc) is 2.34. The maximum atomic E-state index is 11.3. The van der Waals surface area contributed by atoms with Crippen molar-refractivity contribution in [1.82, 2.24) is 4.72 Å². The average molecular weight is 338 g/mol. The van der Waals surface area contributed by atoms with Gasteiger partial charge in [-0.05, 0) is 13.8 Å². The number of hydrogen-bond donors (Lipinski definition) is 3. The molecule has 126 valence electrons. The van der Waals surface area contributed by atoms with Crippen LogP contribution in [0, 0.1) is 0 Å². The smallest absolute Gasteiger partial charge is 0.475 e. The molecule has 4 N–H and O–H groups in total. The van der Waals surface area contributed by atoms with Gasteiger partial charge in [-0.25, -0.2) is 13.2 Å². The van der Waals surface area contributed by atoms with Crippen molar-refractivity contribution >= 4 is 22.0 Å². The molecule has 0 heterocycles. The van der Waals surface area contributed by atoms with Crippen molar-refractivity contribution < 1.29 is 41.0 Å². The summed E-state index contributed by atoms with van der Waals surface area (Å²) < 4.78 is 61.0. The van der Waals surface area contributed by atoms with E-state index in [2.05, 4.69) is 9.46 Å². The molecule has 0 amide bonds. The molecule has 0 unspecified atom stereocenters. The maximum absolute atomic E-state index is 11.3. The fourth-order valence-electron chi connectivity index (χ4n) is 0.669. The Morgan fingerprint density at radius 3 is 1.90 bits per heavy atom. The predicted molar refractivity (Wildman–Crippen MR) is 65.7 cm³/mol. The van der Waals surface area contributed by atoms with Gasteiger partial charge in [-0.1, -0.05) is 0 Å². The van der Waals surface area contributed by atoms with Crippen molar-refractivity contribution in [3.8, 4) is 0 Å². The number of hydrogen-bond acceptors (Lipinski definition) is 6. The Balaban J connectivity index is 0. The van der Waals surface area contributed by atoms with Gasteiger partial charge in [0.1, 0.15) is 6.04 Å². The molecule has 0 rings (SSSR count). The number of alkyl halides is 3. The van der Waals surface area contributed by atoms with E-state index in [0.717, 1.165) is 0 Å². The van der Waals surface area contributed by atoms with E-state index in [9.17, 15) is 26.4 Å².